The summed E-state index contributed by atoms with van der Waals surface area (Å²) in [5.74, 6) is 0.750. The lowest BCUT2D eigenvalue weighted by molar-refractivity contribution is 0.147. The van der Waals surface area contributed by atoms with Gasteiger partial charge in [0.2, 0.25) is 0 Å². The Kier molecular flexibility index (Phi) is 4.18. The fourth-order valence-electron chi connectivity index (χ4n) is 1.94. The van der Waals surface area contributed by atoms with Gasteiger partial charge in [-0.15, -0.1) is 0 Å². The van der Waals surface area contributed by atoms with Gasteiger partial charge in [0.15, 0.2) is 18.1 Å². The molecule has 0 aliphatic rings. The molecule has 0 fully saturated rings. The molecule has 3 heterocycles. The zero-order chi connectivity index (χ0) is 16.4. The van der Waals surface area contributed by atoms with E-state index >= 15 is 0 Å². The lowest BCUT2D eigenvalue weighted by Gasteiger charge is -2.04. The summed E-state index contributed by atoms with van der Waals surface area (Å²) in [6, 6.07) is 0. The Balaban J connectivity index is 1.82. The number of primary amides is 1. The number of rotatable bonds is 4. The number of hydrogen-bond donors (Lipinski definition) is 2. The van der Waals surface area contributed by atoms with Crippen molar-refractivity contribution in [1.29, 1.82) is 0 Å². The topological polar surface area (TPSA) is 148 Å². The van der Waals surface area contributed by atoms with Crippen molar-refractivity contribution in [2.75, 3.05) is 5.73 Å². The number of nitrogen functional groups attached to an aromatic ring is 1. The Hall–Kier alpha value is -2.57. The van der Waals surface area contributed by atoms with E-state index in [1.807, 2.05) is 0 Å². The highest BCUT2D eigenvalue weighted by molar-refractivity contribution is 14.1. The van der Waals surface area contributed by atoms with Crippen LogP contribution >= 0.6 is 22.6 Å². The van der Waals surface area contributed by atoms with E-state index in [0.29, 0.717) is 23.8 Å². The molecule has 0 spiro atoms. The Bertz CT molecular complexity index is 863. The number of amides is 1. The second-order valence-corrected chi connectivity index (χ2v) is 5.54. The van der Waals surface area contributed by atoms with E-state index < -0.39 is 6.09 Å². The van der Waals surface area contributed by atoms with Crippen molar-refractivity contribution in [2.24, 2.45) is 5.73 Å². The first-order chi connectivity index (χ1) is 11.0. The zero-order valence-electron chi connectivity index (χ0n) is 11.7. The van der Waals surface area contributed by atoms with Gasteiger partial charge in [-0.2, -0.15) is 5.10 Å². The van der Waals surface area contributed by atoms with Crippen LogP contribution in [0.5, 0.6) is 0 Å². The van der Waals surface area contributed by atoms with Crippen LogP contribution in [0.3, 0.4) is 0 Å². The van der Waals surface area contributed by atoms with E-state index in [1.165, 1.54) is 6.33 Å². The van der Waals surface area contributed by atoms with Gasteiger partial charge < -0.3 is 16.2 Å². The Morgan fingerprint density at radius 1 is 1.26 bits per heavy atom. The fraction of sp³-hybridized carbons (Fsp3) is 0.167. The van der Waals surface area contributed by atoms with Gasteiger partial charge in [-0.05, 0) is 22.6 Å². The van der Waals surface area contributed by atoms with Crippen molar-refractivity contribution < 1.29 is 9.53 Å². The Morgan fingerprint density at radius 2 is 2.00 bits per heavy atom. The third kappa shape index (κ3) is 3.28. The molecule has 10 nitrogen and oxygen atoms in total. The number of halogens is 1. The number of fused-ring (bicyclic) bond motifs is 1. The van der Waals surface area contributed by atoms with Crippen molar-refractivity contribution in [3.8, 4) is 0 Å². The molecule has 3 aromatic rings. The largest absolute Gasteiger partial charge is 0.441 e. The molecule has 0 aromatic carbocycles. The number of carbonyl (C=O) groups excluding carboxylic acids is 1. The molecule has 0 saturated carbocycles. The van der Waals surface area contributed by atoms with Crippen LogP contribution in [0.2, 0.25) is 0 Å². The van der Waals surface area contributed by atoms with Gasteiger partial charge in [0.1, 0.15) is 15.8 Å². The summed E-state index contributed by atoms with van der Waals surface area (Å²) < 4.78 is 7.05. The van der Waals surface area contributed by atoms with Gasteiger partial charge in [0, 0.05) is 18.0 Å². The second-order valence-electron chi connectivity index (χ2n) is 4.52. The quantitative estimate of drug-likeness (QED) is 0.572. The average Bonchev–Trinajstić information content (AvgIpc) is 2.84. The van der Waals surface area contributed by atoms with Crippen molar-refractivity contribution >= 4 is 45.5 Å². The van der Waals surface area contributed by atoms with Crippen LogP contribution in [-0.4, -0.2) is 35.8 Å². The summed E-state index contributed by atoms with van der Waals surface area (Å²) in [6.45, 7) is 0.356. The monoisotopic (exact) mass is 426 g/mol. The second kappa shape index (κ2) is 6.28. The maximum atomic E-state index is 10.5. The van der Waals surface area contributed by atoms with E-state index in [1.54, 1.807) is 17.1 Å². The van der Waals surface area contributed by atoms with Gasteiger partial charge in [-0.3, -0.25) is 0 Å². The van der Waals surface area contributed by atoms with Crippen LogP contribution in [0.1, 0.15) is 11.4 Å². The van der Waals surface area contributed by atoms with Crippen LogP contribution in [0.25, 0.3) is 11.0 Å². The summed E-state index contributed by atoms with van der Waals surface area (Å²) in [5.41, 5.74) is 12.2. The minimum atomic E-state index is -0.868. The predicted octanol–water partition coefficient (Wildman–Crippen LogP) is 0.447. The van der Waals surface area contributed by atoms with E-state index in [0.717, 1.165) is 14.7 Å². The molecule has 3 aromatic heterocycles. The molecule has 0 radical (unpaired) electrons. The lowest BCUT2D eigenvalue weighted by Crippen LogP contribution is -2.14. The van der Waals surface area contributed by atoms with Crippen LogP contribution in [0.4, 0.5) is 10.6 Å². The molecule has 1 amide bonds. The first-order valence-corrected chi connectivity index (χ1v) is 7.47. The molecule has 11 heteroatoms. The molecule has 23 heavy (non-hydrogen) atoms. The van der Waals surface area contributed by atoms with E-state index in [-0.39, 0.29) is 6.61 Å². The Morgan fingerprint density at radius 3 is 2.70 bits per heavy atom. The number of hydrogen-bond acceptors (Lipinski definition) is 8. The SMILES string of the molecule is NC(=O)OCc1ncc(Cn2nc(I)c3c(N)ncnc32)cn1. The van der Waals surface area contributed by atoms with Crippen molar-refractivity contribution in [2.45, 2.75) is 13.2 Å². The molecule has 0 bridgehead atoms. The molecular weight excluding hydrogens is 415 g/mol. The highest BCUT2D eigenvalue weighted by atomic mass is 127. The van der Waals surface area contributed by atoms with Gasteiger partial charge in [0.25, 0.3) is 0 Å². The third-order valence-electron chi connectivity index (χ3n) is 2.95. The van der Waals surface area contributed by atoms with Gasteiger partial charge >= 0.3 is 6.09 Å². The molecular formula is C12H11IN8O2. The number of nitrogens with two attached hydrogens (primary N) is 2. The molecule has 4 N–H and O–H groups in total. The first kappa shape index (κ1) is 15.3. The predicted molar refractivity (Wildman–Crippen MR) is 88.0 cm³/mol. The number of ether oxygens (including phenoxy) is 1. The smallest absolute Gasteiger partial charge is 0.404 e. The van der Waals surface area contributed by atoms with Crippen LogP contribution in [0.15, 0.2) is 18.7 Å². The standard InChI is InChI=1S/C12H11IN8O2/c13-9-8-10(14)18-5-19-11(8)21(20-9)3-6-1-16-7(17-2-6)4-23-12(15)22/h1-2,5H,3-4H2,(H2,15,22)(H2,14,18,19). The van der Waals surface area contributed by atoms with Crippen molar-refractivity contribution in [3.05, 3.63) is 33.8 Å². The maximum Gasteiger partial charge on any atom is 0.404 e. The molecule has 0 atom stereocenters. The van der Waals surface area contributed by atoms with Crippen LogP contribution in [-0.2, 0) is 17.9 Å². The molecule has 0 aliphatic carbocycles. The van der Waals surface area contributed by atoms with E-state index in [4.69, 9.17) is 11.5 Å². The first-order valence-electron chi connectivity index (χ1n) is 6.39. The number of aromatic nitrogens is 6. The summed E-state index contributed by atoms with van der Waals surface area (Å²) in [7, 11) is 0. The van der Waals surface area contributed by atoms with Crippen LogP contribution < -0.4 is 11.5 Å². The number of anilines is 1. The van der Waals surface area contributed by atoms with Crippen LogP contribution in [0, 0.1) is 3.70 Å². The molecule has 0 saturated heterocycles. The fourth-order valence-corrected chi connectivity index (χ4v) is 2.72. The summed E-state index contributed by atoms with van der Waals surface area (Å²) in [4.78, 5) is 26.9. The molecule has 3 rings (SSSR count). The van der Waals surface area contributed by atoms with Crippen molar-refractivity contribution in [3.63, 3.8) is 0 Å². The van der Waals surface area contributed by atoms with Crippen molar-refractivity contribution in [1.82, 2.24) is 29.7 Å². The minimum Gasteiger partial charge on any atom is -0.441 e. The highest BCUT2D eigenvalue weighted by Crippen LogP contribution is 2.22. The highest BCUT2D eigenvalue weighted by Gasteiger charge is 2.13. The van der Waals surface area contributed by atoms with E-state index in [9.17, 15) is 4.79 Å². The normalized spacial score (nSPS) is 10.8. The summed E-state index contributed by atoms with van der Waals surface area (Å²) in [6.07, 6.45) is 3.77. The molecule has 0 aliphatic heterocycles. The van der Waals surface area contributed by atoms with Gasteiger partial charge in [-0.1, -0.05) is 0 Å². The van der Waals surface area contributed by atoms with Gasteiger partial charge in [0.05, 0.1) is 11.9 Å². The van der Waals surface area contributed by atoms with Gasteiger partial charge in [-0.25, -0.2) is 29.4 Å². The molecule has 118 valence electrons. The Labute approximate surface area is 143 Å². The summed E-state index contributed by atoms with van der Waals surface area (Å²) >= 11 is 2.09. The van der Waals surface area contributed by atoms with E-state index in [2.05, 4.69) is 52.4 Å². The zero-order valence-corrected chi connectivity index (χ0v) is 13.8. The minimum absolute atomic E-state index is 0.0675. The molecule has 0 unspecified atom stereocenters. The number of nitrogens with zero attached hydrogens (tertiary/aromatic N) is 6. The third-order valence-corrected chi connectivity index (χ3v) is 3.71. The maximum absolute atomic E-state index is 10.5. The average molecular weight is 426 g/mol. The number of carbonyl (C=O) groups is 1. The lowest BCUT2D eigenvalue weighted by atomic mass is 10.3. The summed E-state index contributed by atoms with van der Waals surface area (Å²) in [5, 5.41) is 5.13.